The molecule has 0 aromatic heterocycles. The SMILES string of the molecule is CCOc1ccc(/C(O)=C2/C(=O)C(=O)N(c3cc(F)ccc3F)C2c2ccccc2)cc1C(C)C. The molecule has 1 fully saturated rings. The Kier molecular flexibility index (Phi) is 6.69. The van der Waals surface area contributed by atoms with Gasteiger partial charge in [0.1, 0.15) is 23.1 Å². The molecule has 0 spiro atoms. The molecular formula is C28H25F2NO4. The van der Waals surface area contributed by atoms with Gasteiger partial charge in [-0.05, 0) is 54.3 Å². The summed E-state index contributed by atoms with van der Waals surface area (Å²) in [7, 11) is 0. The van der Waals surface area contributed by atoms with Gasteiger partial charge >= 0.3 is 0 Å². The molecule has 1 aliphatic heterocycles. The van der Waals surface area contributed by atoms with Gasteiger partial charge in [-0.2, -0.15) is 0 Å². The first-order valence-corrected chi connectivity index (χ1v) is 11.3. The number of nitrogens with zero attached hydrogens (tertiary/aromatic N) is 1. The molecule has 5 nitrogen and oxygen atoms in total. The van der Waals surface area contributed by atoms with E-state index in [0.717, 1.165) is 28.7 Å². The summed E-state index contributed by atoms with van der Waals surface area (Å²) in [6, 6.07) is 15.0. The molecule has 1 amide bonds. The van der Waals surface area contributed by atoms with E-state index < -0.39 is 35.1 Å². The minimum absolute atomic E-state index is 0.0537. The van der Waals surface area contributed by atoms with E-state index >= 15 is 0 Å². The number of amides is 1. The highest BCUT2D eigenvalue weighted by Gasteiger charge is 2.47. The van der Waals surface area contributed by atoms with Crippen LogP contribution in [0.5, 0.6) is 5.75 Å². The fraction of sp³-hybridized carbons (Fsp3) is 0.214. The van der Waals surface area contributed by atoms with Crippen LogP contribution in [-0.2, 0) is 9.59 Å². The Balaban J connectivity index is 1.95. The fourth-order valence-corrected chi connectivity index (χ4v) is 4.29. The van der Waals surface area contributed by atoms with Crippen LogP contribution in [0, 0.1) is 11.6 Å². The van der Waals surface area contributed by atoms with Crippen LogP contribution >= 0.6 is 0 Å². The maximum absolute atomic E-state index is 14.8. The number of halogens is 2. The highest BCUT2D eigenvalue weighted by atomic mass is 19.1. The second-order valence-electron chi connectivity index (χ2n) is 8.52. The normalized spacial score (nSPS) is 17.3. The summed E-state index contributed by atoms with van der Waals surface area (Å²) in [5.74, 6) is -3.36. The predicted octanol–water partition coefficient (Wildman–Crippen LogP) is 6.11. The van der Waals surface area contributed by atoms with E-state index in [1.54, 1.807) is 48.5 Å². The van der Waals surface area contributed by atoms with Crippen molar-refractivity contribution in [2.75, 3.05) is 11.5 Å². The Morgan fingerprint density at radius 2 is 1.74 bits per heavy atom. The molecule has 1 atom stereocenters. The number of benzene rings is 3. The minimum Gasteiger partial charge on any atom is -0.507 e. The molecule has 1 unspecified atom stereocenters. The molecule has 35 heavy (non-hydrogen) atoms. The third-order valence-corrected chi connectivity index (χ3v) is 5.93. The summed E-state index contributed by atoms with van der Waals surface area (Å²) in [5.41, 5.74) is 1.01. The topological polar surface area (TPSA) is 66.8 Å². The number of carbonyl (C=O) groups excluding carboxylic acids is 2. The van der Waals surface area contributed by atoms with Crippen LogP contribution in [0.25, 0.3) is 5.76 Å². The highest BCUT2D eigenvalue weighted by molar-refractivity contribution is 6.51. The molecule has 7 heteroatoms. The third-order valence-electron chi connectivity index (χ3n) is 5.93. The van der Waals surface area contributed by atoms with Crippen molar-refractivity contribution < 1.29 is 28.2 Å². The number of ether oxygens (including phenoxy) is 1. The molecule has 4 rings (SSSR count). The number of anilines is 1. The van der Waals surface area contributed by atoms with Crippen molar-refractivity contribution >= 4 is 23.1 Å². The number of ketones is 1. The highest BCUT2D eigenvalue weighted by Crippen LogP contribution is 2.43. The van der Waals surface area contributed by atoms with E-state index in [4.69, 9.17) is 4.74 Å². The van der Waals surface area contributed by atoms with Crippen molar-refractivity contribution in [1.82, 2.24) is 0 Å². The number of rotatable bonds is 6. The van der Waals surface area contributed by atoms with Gasteiger partial charge in [0, 0.05) is 11.6 Å². The lowest BCUT2D eigenvalue weighted by atomic mass is 9.93. The molecule has 0 saturated carbocycles. The molecule has 3 aromatic carbocycles. The van der Waals surface area contributed by atoms with Gasteiger partial charge in [0.05, 0.1) is 23.9 Å². The Morgan fingerprint density at radius 3 is 2.40 bits per heavy atom. The maximum atomic E-state index is 14.8. The van der Waals surface area contributed by atoms with Crippen molar-refractivity contribution in [3.05, 3.63) is 101 Å². The van der Waals surface area contributed by atoms with E-state index in [0.29, 0.717) is 23.5 Å². The zero-order chi connectivity index (χ0) is 25.3. The Hall–Kier alpha value is -4.00. The number of hydrogen-bond acceptors (Lipinski definition) is 4. The molecule has 1 N–H and O–H groups in total. The standard InChI is InChI=1S/C28H25F2NO4/c1-4-35-23-13-10-18(14-20(23)16(2)3)26(32)24-25(17-8-6-5-7-9-17)31(28(34)27(24)33)22-15-19(29)11-12-21(22)30/h5-16,25,32H,4H2,1-3H3/b26-24-. The number of aliphatic hydroxyl groups is 1. The number of aliphatic hydroxyl groups excluding tert-OH is 1. The van der Waals surface area contributed by atoms with Crippen LogP contribution in [0.15, 0.2) is 72.3 Å². The minimum atomic E-state index is -1.15. The Labute approximate surface area is 202 Å². The lowest BCUT2D eigenvalue weighted by molar-refractivity contribution is -0.132. The number of carbonyl (C=O) groups is 2. The largest absolute Gasteiger partial charge is 0.507 e. The molecule has 1 saturated heterocycles. The smallest absolute Gasteiger partial charge is 0.300 e. The first-order valence-electron chi connectivity index (χ1n) is 11.3. The molecule has 3 aromatic rings. The summed E-state index contributed by atoms with van der Waals surface area (Å²) in [6.07, 6.45) is 0. The zero-order valence-electron chi connectivity index (χ0n) is 19.6. The molecule has 1 aliphatic rings. The summed E-state index contributed by atoms with van der Waals surface area (Å²) in [4.78, 5) is 27.3. The maximum Gasteiger partial charge on any atom is 0.300 e. The van der Waals surface area contributed by atoms with Gasteiger partial charge in [-0.1, -0.05) is 44.2 Å². The first-order chi connectivity index (χ1) is 16.7. The second kappa shape index (κ2) is 9.70. The molecule has 0 bridgehead atoms. The third kappa shape index (κ3) is 4.41. The van der Waals surface area contributed by atoms with Crippen molar-refractivity contribution in [3.63, 3.8) is 0 Å². The van der Waals surface area contributed by atoms with E-state index in [9.17, 15) is 23.5 Å². The number of hydrogen-bond donors (Lipinski definition) is 1. The molecule has 1 heterocycles. The summed E-state index contributed by atoms with van der Waals surface area (Å²) in [6.45, 7) is 6.27. The Morgan fingerprint density at radius 1 is 1.03 bits per heavy atom. The van der Waals surface area contributed by atoms with Gasteiger partial charge in [0.15, 0.2) is 0 Å². The molecule has 180 valence electrons. The van der Waals surface area contributed by atoms with Crippen LogP contribution in [-0.4, -0.2) is 23.4 Å². The van der Waals surface area contributed by atoms with Gasteiger partial charge in [-0.25, -0.2) is 8.78 Å². The van der Waals surface area contributed by atoms with Gasteiger partial charge in [-0.15, -0.1) is 0 Å². The monoisotopic (exact) mass is 477 g/mol. The van der Waals surface area contributed by atoms with E-state index in [2.05, 4.69) is 0 Å². The molecule has 0 aliphatic carbocycles. The van der Waals surface area contributed by atoms with Crippen LogP contribution in [0.3, 0.4) is 0 Å². The number of Topliss-reactive ketones (excluding diaryl/α,β-unsaturated/α-hetero) is 1. The summed E-state index contributed by atoms with van der Waals surface area (Å²) >= 11 is 0. The molecule has 0 radical (unpaired) electrons. The fourth-order valence-electron chi connectivity index (χ4n) is 4.29. The predicted molar refractivity (Wildman–Crippen MR) is 129 cm³/mol. The van der Waals surface area contributed by atoms with Gasteiger partial charge in [0.2, 0.25) is 0 Å². The lowest BCUT2D eigenvalue weighted by Gasteiger charge is -2.26. The summed E-state index contributed by atoms with van der Waals surface area (Å²) in [5, 5.41) is 11.3. The average molecular weight is 478 g/mol. The summed E-state index contributed by atoms with van der Waals surface area (Å²) < 4.78 is 34.5. The van der Waals surface area contributed by atoms with Gasteiger partial charge in [0.25, 0.3) is 11.7 Å². The van der Waals surface area contributed by atoms with Crippen LogP contribution < -0.4 is 9.64 Å². The van der Waals surface area contributed by atoms with Crippen LogP contribution in [0.1, 0.15) is 49.4 Å². The van der Waals surface area contributed by atoms with E-state index in [1.807, 2.05) is 20.8 Å². The quantitative estimate of drug-likeness (QED) is 0.264. The van der Waals surface area contributed by atoms with Crippen molar-refractivity contribution in [3.8, 4) is 5.75 Å². The second-order valence-corrected chi connectivity index (χ2v) is 8.52. The van der Waals surface area contributed by atoms with Crippen LogP contribution in [0.2, 0.25) is 0 Å². The first kappa shape index (κ1) is 24.1. The van der Waals surface area contributed by atoms with Crippen molar-refractivity contribution in [2.24, 2.45) is 0 Å². The van der Waals surface area contributed by atoms with Crippen molar-refractivity contribution in [1.29, 1.82) is 0 Å². The Bertz CT molecular complexity index is 1320. The zero-order valence-corrected chi connectivity index (χ0v) is 19.6. The lowest BCUT2D eigenvalue weighted by Crippen LogP contribution is -2.30. The molecular weight excluding hydrogens is 452 g/mol. The van der Waals surface area contributed by atoms with Crippen molar-refractivity contribution in [2.45, 2.75) is 32.7 Å². The van der Waals surface area contributed by atoms with Crippen LogP contribution in [0.4, 0.5) is 14.5 Å². The van der Waals surface area contributed by atoms with Gasteiger partial charge in [-0.3, -0.25) is 14.5 Å². The van der Waals surface area contributed by atoms with E-state index in [1.165, 1.54) is 0 Å². The average Bonchev–Trinajstić information content (AvgIpc) is 3.11. The van der Waals surface area contributed by atoms with Gasteiger partial charge < -0.3 is 9.84 Å². The van der Waals surface area contributed by atoms with E-state index in [-0.39, 0.29) is 17.2 Å².